The van der Waals surface area contributed by atoms with Crippen LogP contribution in [0.5, 0.6) is 0 Å². The zero-order valence-electron chi connectivity index (χ0n) is 11.3. The number of nitrogens with zero attached hydrogens (tertiary/aromatic N) is 1. The fourth-order valence-corrected chi connectivity index (χ4v) is 2.08. The van der Waals surface area contributed by atoms with Gasteiger partial charge in [-0.25, -0.2) is 9.59 Å². The number of carboxylic acid groups (broad SMARTS) is 2. The SMILES string of the molecule is O=C(NCCC(O)C(=O)O)C(=O)N1CCCC[C@@H]1C(=O)O. The largest absolute Gasteiger partial charge is 0.480 e. The minimum atomic E-state index is -1.62. The van der Waals surface area contributed by atoms with Crippen molar-refractivity contribution in [2.75, 3.05) is 13.1 Å². The molecule has 0 bridgehead atoms. The second-order valence-electron chi connectivity index (χ2n) is 4.75. The van der Waals surface area contributed by atoms with E-state index in [9.17, 15) is 19.2 Å². The molecule has 2 amide bonds. The predicted octanol–water partition coefficient (Wildman–Crippen LogP) is -1.60. The van der Waals surface area contributed by atoms with Gasteiger partial charge in [-0.05, 0) is 19.3 Å². The van der Waals surface area contributed by atoms with Crippen LogP contribution >= 0.6 is 0 Å². The van der Waals surface area contributed by atoms with Crippen LogP contribution in [0.1, 0.15) is 25.7 Å². The molecule has 0 radical (unpaired) electrons. The molecule has 1 unspecified atom stereocenters. The smallest absolute Gasteiger partial charge is 0.332 e. The van der Waals surface area contributed by atoms with Crippen LogP contribution in [0.3, 0.4) is 0 Å². The highest BCUT2D eigenvalue weighted by Gasteiger charge is 2.34. The van der Waals surface area contributed by atoms with E-state index in [0.717, 1.165) is 4.90 Å². The maximum Gasteiger partial charge on any atom is 0.332 e. The molecule has 0 spiro atoms. The average molecular weight is 302 g/mol. The topological polar surface area (TPSA) is 144 Å². The van der Waals surface area contributed by atoms with Crippen LogP contribution in [0.4, 0.5) is 0 Å². The first-order chi connectivity index (χ1) is 9.84. The number of carbonyl (C=O) groups is 4. The van der Waals surface area contributed by atoms with Crippen LogP contribution in [0, 0.1) is 0 Å². The Morgan fingerprint density at radius 2 is 1.86 bits per heavy atom. The third-order valence-electron chi connectivity index (χ3n) is 3.23. The summed E-state index contributed by atoms with van der Waals surface area (Å²) < 4.78 is 0. The Morgan fingerprint density at radius 3 is 2.43 bits per heavy atom. The van der Waals surface area contributed by atoms with E-state index in [2.05, 4.69) is 5.32 Å². The number of piperidine rings is 1. The van der Waals surface area contributed by atoms with Crippen molar-refractivity contribution in [2.24, 2.45) is 0 Å². The summed E-state index contributed by atoms with van der Waals surface area (Å²) >= 11 is 0. The van der Waals surface area contributed by atoms with E-state index in [0.29, 0.717) is 19.3 Å². The standard InChI is InChI=1S/C12H18N2O7/c15-8(12(20)21)4-5-13-9(16)10(17)14-6-2-1-3-7(14)11(18)19/h7-8,15H,1-6H2,(H,13,16)(H,18,19)(H,20,21)/t7-,8?/m1/s1. The number of hydrogen-bond acceptors (Lipinski definition) is 5. The molecule has 2 atom stereocenters. The van der Waals surface area contributed by atoms with Crippen LogP contribution < -0.4 is 5.32 Å². The Kier molecular flexibility index (Phi) is 6.10. The number of aliphatic hydroxyl groups is 1. The van der Waals surface area contributed by atoms with Gasteiger partial charge in [-0.1, -0.05) is 0 Å². The molecule has 1 rings (SSSR count). The summed E-state index contributed by atoms with van der Waals surface area (Å²) in [7, 11) is 0. The first kappa shape index (κ1) is 16.9. The van der Waals surface area contributed by atoms with Crippen molar-refractivity contribution < 1.29 is 34.5 Å². The van der Waals surface area contributed by atoms with Crippen molar-refractivity contribution in [2.45, 2.75) is 37.8 Å². The van der Waals surface area contributed by atoms with Gasteiger partial charge in [-0.3, -0.25) is 9.59 Å². The molecule has 0 aromatic heterocycles. The zero-order chi connectivity index (χ0) is 16.0. The Bertz CT molecular complexity index is 437. The second-order valence-corrected chi connectivity index (χ2v) is 4.75. The Hall–Kier alpha value is -2.16. The number of carboxylic acids is 2. The second kappa shape index (κ2) is 7.58. The third kappa shape index (κ3) is 4.71. The quantitative estimate of drug-likeness (QED) is 0.448. The number of rotatable bonds is 5. The highest BCUT2D eigenvalue weighted by atomic mass is 16.4. The van der Waals surface area contributed by atoms with Crippen LogP contribution in [-0.2, 0) is 19.2 Å². The summed E-state index contributed by atoms with van der Waals surface area (Å²) in [5.41, 5.74) is 0. The van der Waals surface area contributed by atoms with Gasteiger partial charge in [-0.15, -0.1) is 0 Å². The lowest BCUT2D eigenvalue weighted by Crippen LogP contribution is -2.53. The molecule has 4 N–H and O–H groups in total. The van der Waals surface area contributed by atoms with Crippen molar-refractivity contribution in [3.63, 3.8) is 0 Å². The lowest BCUT2D eigenvalue weighted by atomic mass is 10.0. The van der Waals surface area contributed by atoms with E-state index < -0.39 is 35.9 Å². The number of likely N-dealkylation sites (tertiary alicyclic amines) is 1. The van der Waals surface area contributed by atoms with Gasteiger partial charge >= 0.3 is 23.8 Å². The monoisotopic (exact) mass is 302 g/mol. The molecule has 0 aromatic carbocycles. The number of carbonyl (C=O) groups excluding carboxylic acids is 2. The van der Waals surface area contributed by atoms with Crippen LogP contribution in [0.15, 0.2) is 0 Å². The Labute approximate surface area is 120 Å². The Morgan fingerprint density at radius 1 is 1.19 bits per heavy atom. The zero-order valence-corrected chi connectivity index (χ0v) is 11.3. The summed E-state index contributed by atoms with van der Waals surface area (Å²) in [6.07, 6.45) is -0.265. The van der Waals surface area contributed by atoms with Gasteiger partial charge in [0.1, 0.15) is 6.04 Å². The van der Waals surface area contributed by atoms with Gasteiger partial charge in [0.15, 0.2) is 6.10 Å². The van der Waals surface area contributed by atoms with E-state index in [1.165, 1.54) is 0 Å². The molecule has 1 heterocycles. The van der Waals surface area contributed by atoms with Crippen molar-refractivity contribution in [3.8, 4) is 0 Å². The summed E-state index contributed by atoms with van der Waals surface area (Å²) in [5.74, 6) is -4.53. The first-order valence-electron chi connectivity index (χ1n) is 6.57. The van der Waals surface area contributed by atoms with Gasteiger partial charge in [0.05, 0.1) is 0 Å². The van der Waals surface area contributed by atoms with Crippen molar-refractivity contribution >= 4 is 23.8 Å². The van der Waals surface area contributed by atoms with Crippen LogP contribution in [0.25, 0.3) is 0 Å². The predicted molar refractivity (Wildman–Crippen MR) is 68.3 cm³/mol. The minimum absolute atomic E-state index is 0.191. The lowest BCUT2D eigenvalue weighted by molar-refractivity contribution is -0.156. The fraction of sp³-hybridized carbons (Fsp3) is 0.667. The molecule has 0 aromatic rings. The van der Waals surface area contributed by atoms with E-state index in [4.69, 9.17) is 15.3 Å². The van der Waals surface area contributed by atoms with E-state index >= 15 is 0 Å². The number of nitrogens with one attached hydrogen (secondary N) is 1. The molecular weight excluding hydrogens is 284 g/mol. The normalized spacial score (nSPS) is 19.7. The highest BCUT2D eigenvalue weighted by Crippen LogP contribution is 2.17. The summed E-state index contributed by atoms with van der Waals surface area (Å²) in [6.45, 7) is 0.00455. The number of amides is 2. The first-order valence-corrected chi connectivity index (χ1v) is 6.57. The van der Waals surface area contributed by atoms with Crippen molar-refractivity contribution in [1.82, 2.24) is 10.2 Å². The third-order valence-corrected chi connectivity index (χ3v) is 3.23. The molecule has 1 saturated heterocycles. The molecule has 9 heteroatoms. The maximum absolute atomic E-state index is 11.9. The molecule has 1 fully saturated rings. The maximum atomic E-state index is 11.9. The molecule has 0 aliphatic carbocycles. The fourth-order valence-electron chi connectivity index (χ4n) is 2.08. The minimum Gasteiger partial charge on any atom is -0.480 e. The molecule has 1 aliphatic rings. The van der Waals surface area contributed by atoms with Gasteiger partial charge in [0.25, 0.3) is 0 Å². The van der Waals surface area contributed by atoms with Crippen LogP contribution in [-0.4, -0.2) is 69.2 Å². The van der Waals surface area contributed by atoms with E-state index in [1.807, 2.05) is 0 Å². The van der Waals surface area contributed by atoms with Crippen LogP contribution in [0.2, 0.25) is 0 Å². The van der Waals surface area contributed by atoms with E-state index in [1.54, 1.807) is 0 Å². The molecule has 0 saturated carbocycles. The number of aliphatic hydroxyl groups excluding tert-OH is 1. The summed E-state index contributed by atoms with van der Waals surface area (Å²) in [6, 6.07) is -1.01. The lowest BCUT2D eigenvalue weighted by Gasteiger charge is -2.32. The average Bonchev–Trinajstić information content (AvgIpc) is 2.45. The van der Waals surface area contributed by atoms with Gasteiger partial charge in [0, 0.05) is 19.5 Å². The highest BCUT2D eigenvalue weighted by molar-refractivity contribution is 6.35. The van der Waals surface area contributed by atoms with Gasteiger partial charge in [0.2, 0.25) is 0 Å². The number of hydrogen-bond donors (Lipinski definition) is 4. The molecule has 21 heavy (non-hydrogen) atoms. The molecule has 9 nitrogen and oxygen atoms in total. The molecule has 118 valence electrons. The van der Waals surface area contributed by atoms with Crippen molar-refractivity contribution in [1.29, 1.82) is 0 Å². The summed E-state index contributed by atoms with van der Waals surface area (Å²) in [5, 5.41) is 28.7. The summed E-state index contributed by atoms with van der Waals surface area (Å²) in [4.78, 5) is 46.0. The van der Waals surface area contributed by atoms with E-state index in [-0.39, 0.29) is 19.5 Å². The molecule has 1 aliphatic heterocycles. The molecular formula is C12H18N2O7. The number of aliphatic carboxylic acids is 2. The Balaban J connectivity index is 2.51. The van der Waals surface area contributed by atoms with Gasteiger partial charge in [-0.2, -0.15) is 0 Å². The van der Waals surface area contributed by atoms with Crippen molar-refractivity contribution in [3.05, 3.63) is 0 Å². The van der Waals surface area contributed by atoms with Gasteiger partial charge < -0.3 is 25.5 Å².